The minimum atomic E-state index is -0.479. The van der Waals surface area contributed by atoms with Gasteiger partial charge in [-0.1, -0.05) is 12.1 Å². The molecule has 0 fully saturated rings. The second-order valence-corrected chi connectivity index (χ2v) is 6.53. The van der Waals surface area contributed by atoms with Crippen molar-refractivity contribution in [1.82, 2.24) is 5.43 Å². The van der Waals surface area contributed by atoms with Gasteiger partial charge in [0.1, 0.15) is 0 Å². The van der Waals surface area contributed by atoms with Crippen molar-refractivity contribution in [1.29, 1.82) is 0 Å². The molecule has 2 rings (SSSR count). The maximum absolute atomic E-state index is 11.7. The molecule has 21 heavy (non-hydrogen) atoms. The highest BCUT2D eigenvalue weighted by Crippen LogP contribution is 2.20. The van der Waals surface area contributed by atoms with E-state index < -0.39 is 4.92 Å². The Labute approximate surface area is 132 Å². The summed E-state index contributed by atoms with van der Waals surface area (Å²) in [5.74, 6) is -0.282. The van der Waals surface area contributed by atoms with Crippen molar-refractivity contribution >= 4 is 45.1 Å². The molecular formula is C13H10BrN3O3S. The highest BCUT2D eigenvalue weighted by molar-refractivity contribution is 9.11. The molecule has 0 aliphatic carbocycles. The summed E-state index contributed by atoms with van der Waals surface area (Å²) in [6.07, 6.45) is 1.67. The number of thiophene rings is 1. The van der Waals surface area contributed by atoms with Crippen molar-refractivity contribution in [2.45, 2.75) is 6.42 Å². The number of nitro benzene ring substituents is 1. The maximum atomic E-state index is 11.7. The molecule has 6 nitrogen and oxygen atoms in total. The Kier molecular flexibility index (Phi) is 5.18. The van der Waals surface area contributed by atoms with Gasteiger partial charge in [0, 0.05) is 17.0 Å². The standard InChI is InChI=1S/C13H10BrN3O3S/c14-12-6-5-11(21-12)8-15-16-13(18)7-9-1-3-10(4-2-9)17(19)20/h1-6,8H,7H2,(H,16,18)/b15-8-. The summed E-state index contributed by atoms with van der Waals surface area (Å²) in [6, 6.07) is 9.62. The largest absolute Gasteiger partial charge is 0.273 e. The van der Waals surface area contributed by atoms with Crippen LogP contribution in [0.2, 0.25) is 0 Å². The van der Waals surface area contributed by atoms with Gasteiger partial charge in [-0.3, -0.25) is 14.9 Å². The van der Waals surface area contributed by atoms with E-state index in [1.54, 1.807) is 18.3 Å². The van der Waals surface area contributed by atoms with E-state index in [1.165, 1.54) is 23.5 Å². The van der Waals surface area contributed by atoms with Crippen LogP contribution in [0.25, 0.3) is 0 Å². The molecule has 8 heteroatoms. The minimum absolute atomic E-state index is 0.000418. The summed E-state index contributed by atoms with van der Waals surface area (Å²) in [5.41, 5.74) is 3.10. The van der Waals surface area contributed by atoms with Crippen LogP contribution in [0.5, 0.6) is 0 Å². The Morgan fingerprint density at radius 2 is 2.05 bits per heavy atom. The van der Waals surface area contributed by atoms with Gasteiger partial charge >= 0.3 is 0 Å². The van der Waals surface area contributed by atoms with Crippen molar-refractivity contribution in [3.8, 4) is 0 Å². The van der Waals surface area contributed by atoms with Crippen LogP contribution in [-0.4, -0.2) is 17.0 Å². The highest BCUT2D eigenvalue weighted by atomic mass is 79.9. The van der Waals surface area contributed by atoms with Crippen LogP contribution in [0.3, 0.4) is 0 Å². The topological polar surface area (TPSA) is 84.6 Å². The predicted octanol–water partition coefficient (Wildman–Crippen LogP) is 3.11. The molecule has 1 amide bonds. The molecule has 0 unspecified atom stereocenters. The zero-order valence-corrected chi connectivity index (χ0v) is 13.1. The smallest absolute Gasteiger partial charge is 0.269 e. The lowest BCUT2D eigenvalue weighted by atomic mass is 10.1. The first-order chi connectivity index (χ1) is 10.0. The molecule has 0 bridgehead atoms. The summed E-state index contributed by atoms with van der Waals surface area (Å²) in [4.78, 5) is 22.6. The third-order valence-corrected chi connectivity index (χ3v) is 4.05. The molecule has 0 aliphatic heterocycles. The maximum Gasteiger partial charge on any atom is 0.269 e. The number of rotatable bonds is 5. The summed E-state index contributed by atoms with van der Waals surface area (Å²) in [7, 11) is 0. The molecule has 0 radical (unpaired) electrons. The van der Waals surface area contributed by atoms with Gasteiger partial charge in [0.05, 0.1) is 21.3 Å². The van der Waals surface area contributed by atoms with E-state index in [2.05, 4.69) is 26.5 Å². The zero-order chi connectivity index (χ0) is 15.2. The first-order valence-electron chi connectivity index (χ1n) is 5.85. The van der Waals surface area contributed by atoms with E-state index >= 15 is 0 Å². The predicted molar refractivity (Wildman–Crippen MR) is 84.6 cm³/mol. The van der Waals surface area contributed by atoms with Crippen molar-refractivity contribution < 1.29 is 9.72 Å². The van der Waals surface area contributed by atoms with Crippen LogP contribution in [0.15, 0.2) is 45.3 Å². The van der Waals surface area contributed by atoms with E-state index in [-0.39, 0.29) is 18.0 Å². The Balaban J connectivity index is 1.86. The summed E-state index contributed by atoms with van der Waals surface area (Å²) in [5, 5.41) is 14.4. The van der Waals surface area contributed by atoms with Gasteiger partial charge in [-0.25, -0.2) is 5.43 Å². The molecule has 1 aromatic carbocycles. The number of carbonyl (C=O) groups excluding carboxylic acids is 1. The van der Waals surface area contributed by atoms with E-state index in [0.717, 1.165) is 8.66 Å². The summed E-state index contributed by atoms with van der Waals surface area (Å²) in [6.45, 7) is 0. The fraction of sp³-hybridized carbons (Fsp3) is 0.0769. The quantitative estimate of drug-likeness (QED) is 0.500. The van der Waals surface area contributed by atoms with Gasteiger partial charge in [-0.2, -0.15) is 5.10 Å². The lowest BCUT2D eigenvalue weighted by Gasteiger charge is -2.00. The molecule has 2 aromatic rings. The number of halogens is 1. The van der Waals surface area contributed by atoms with Crippen molar-refractivity contribution in [3.05, 3.63) is 60.7 Å². The number of hydrazone groups is 1. The van der Waals surface area contributed by atoms with Gasteiger partial charge in [-0.15, -0.1) is 11.3 Å². The number of nitrogens with zero attached hydrogens (tertiary/aromatic N) is 2. The van der Waals surface area contributed by atoms with Crippen LogP contribution < -0.4 is 5.43 Å². The van der Waals surface area contributed by atoms with Gasteiger partial charge in [0.25, 0.3) is 5.69 Å². The monoisotopic (exact) mass is 367 g/mol. The third-order valence-electron chi connectivity index (χ3n) is 2.49. The second-order valence-electron chi connectivity index (χ2n) is 4.04. The number of benzene rings is 1. The minimum Gasteiger partial charge on any atom is -0.273 e. The zero-order valence-electron chi connectivity index (χ0n) is 10.7. The Morgan fingerprint density at radius 3 is 2.62 bits per heavy atom. The molecule has 108 valence electrons. The van der Waals surface area contributed by atoms with Crippen molar-refractivity contribution in [2.24, 2.45) is 5.10 Å². The molecule has 0 saturated heterocycles. The normalized spacial score (nSPS) is 10.7. The summed E-state index contributed by atoms with van der Waals surface area (Å²) < 4.78 is 0.987. The number of hydrogen-bond donors (Lipinski definition) is 1. The molecule has 0 atom stereocenters. The lowest BCUT2D eigenvalue weighted by molar-refractivity contribution is -0.384. The molecule has 1 heterocycles. The third kappa shape index (κ3) is 4.76. The molecular weight excluding hydrogens is 358 g/mol. The Bertz CT molecular complexity index is 682. The van der Waals surface area contributed by atoms with Crippen LogP contribution in [0, 0.1) is 10.1 Å². The Hall–Kier alpha value is -2.06. The number of amides is 1. The fourth-order valence-electron chi connectivity index (χ4n) is 1.53. The SMILES string of the molecule is O=C(Cc1ccc([N+](=O)[O-])cc1)N/N=C\c1ccc(Br)s1. The van der Waals surface area contributed by atoms with Gasteiger partial charge in [0.2, 0.25) is 5.91 Å². The molecule has 1 aromatic heterocycles. The fourth-order valence-corrected chi connectivity index (χ4v) is 2.82. The number of nitrogens with one attached hydrogen (secondary N) is 1. The van der Waals surface area contributed by atoms with Crippen LogP contribution in [-0.2, 0) is 11.2 Å². The first-order valence-corrected chi connectivity index (χ1v) is 7.46. The van der Waals surface area contributed by atoms with Crippen LogP contribution in [0.4, 0.5) is 5.69 Å². The van der Waals surface area contributed by atoms with Gasteiger partial charge < -0.3 is 0 Å². The number of non-ortho nitro benzene ring substituents is 1. The average Bonchev–Trinajstić information content (AvgIpc) is 2.85. The van der Waals surface area contributed by atoms with Gasteiger partial charge in [-0.05, 0) is 33.6 Å². The summed E-state index contributed by atoms with van der Waals surface area (Å²) >= 11 is 4.83. The second kappa shape index (κ2) is 7.09. The molecule has 0 aliphatic rings. The van der Waals surface area contributed by atoms with E-state index in [0.29, 0.717) is 5.56 Å². The van der Waals surface area contributed by atoms with E-state index in [1.807, 2.05) is 12.1 Å². The number of nitro groups is 1. The molecule has 0 spiro atoms. The first kappa shape index (κ1) is 15.3. The molecule has 1 N–H and O–H groups in total. The Morgan fingerprint density at radius 1 is 1.33 bits per heavy atom. The van der Waals surface area contributed by atoms with Crippen molar-refractivity contribution in [3.63, 3.8) is 0 Å². The number of carbonyl (C=O) groups is 1. The lowest BCUT2D eigenvalue weighted by Crippen LogP contribution is -2.19. The molecule has 0 saturated carbocycles. The van der Waals surface area contributed by atoms with Crippen LogP contribution in [0.1, 0.15) is 10.4 Å². The average molecular weight is 368 g/mol. The van der Waals surface area contributed by atoms with Gasteiger partial charge in [0.15, 0.2) is 0 Å². The van der Waals surface area contributed by atoms with Crippen LogP contribution >= 0.6 is 27.3 Å². The van der Waals surface area contributed by atoms with Crippen molar-refractivity contribution in [2.75, 3.05) is 0 Å². The highest BCUT2D eigenvalue weighted by Gasteiger charge is 2.06. The number of hydrogen-bond acceptors (Lipinski definition) is 5. The van der Waals surface area contributed by atoms with E-state index in [9.17, 15) is 14.9 Å². The van der Waals surface area contributed by atoms with E-state index in [4.69, 9.17) is 0 Å².